The molecular weight excluding hydrogens is 194 g/mol. The maximum absolute atomic E-state index is 5.54. The Kier molecular flexibility index (Phi) is 3.69. The maximum atomic E-state index is 5.54. The van der Waals surface area contributed by atoms with E-state index in [1.54, 1.807) is 6.92 Å². The first-order valence-electron chi connectivity index (χ1n) is 5.42. The van der Waals surface area contributed by atoms with Crippen LogP contribution in [0, 0.1) is 12.8 Å². The first-order valence-corrected chi connectivity index (χ1v) is 5.42. The zero-order valence-electron chi connectivity index (χ0n) is 9.03. The van der Waals surface area contributed by atoms with Crippen molar-refractivity contribution in [2.45, 2.75) is 26.4 Å². The summed E-state index contributed by atoms with van der Waals surface area (Å²) in [5, 5.41) is 7.06. The maximum Gasteiger partial charge on any atom is 0.252 e. The summed E-state index contributed by atoms with van der Waals surface area (Å²) in [6, 6.07) is 0. The van der Waals surface area contributed by atoms with E-state index in [4.69, 9.17) is 9.26 Å². The minimum absolute atomic E-state index is 0.428. The van der Waals surface area contributed by atoms with Crippen molar-refractivity contribution in [2.24, 2.45) is 5.92 Å². The molecule has 1 aromatic rings. The van der Waals surface area contributed by atoms with Crippen molar-refractivity contribution in [1.82, 2.24) is 15.5 Å². The summed E-state index contributed by atoms with van der Waals surface area (Å²) in [5.74, 6) is 1.85. The van der Waals surface area contributed by atoms with Gasteiger partial charge in [0.25, 0.3) is 5.89 Å². The van der Waals surface area contributed by atoms with Crippen LogP contribution in [-0.2, 0) is 11.3 Å². The number of aromatic nitrogens is 2. The van der Waals surface area contributed by atoms with Crippen LogP contribution >= 0.6 is 0 Å². The fourth-order valence-electron chi connectivity index (χ4n) is 1.78. The largest absolute Gasteiger partial charge is 0.371 e. The summed E-state index contributed by atoms with van der Waals surface area (Å²) in [5.41, 5.74) is 0. The Bertz CT molecular complexity index is 295. The van der Waals surface area contributed by atoms with Gasteiger partial charge >= 0.3 is 0 Å². The molecule has 0 aliphatic carbocycles. The van der Waals surface area contributed by atoms with Crippen LogP contribution in [0.3, 0.4) is 0 Å². The first kappa shape index (κ1) is 10.6. The SMILES string of the molecule is Cc1noc(COCC2CCCNC2)n1. The number of piperidine rings is 1. The van der Waals surface area contributed by atoms with Crippen molar-refractivity contribution >= 4 is 0 Å². The van der Waals surface area contributed by atoms with E-state index in [1.807, 2.05) is 0 Å². The van der Waals surface area contributed by atoms with Gasteiger partial charge in [0.1, 0.15) is 6.61 Å². The number of nitrogens with one attached hydrogen (secondary N) is 1. The molecule has 0 amide bonds. The summed E-state index contributed by atoms with van der Waals surface area (Å²) in [6.07, 6.45) is 2.49. The van der Waals surface area contributed by atoms with Crippen LogP contribution in [0.5, 0.6) is 0 Å². The van der Waals surface area contributed by atoms with Crippen molar-refractivity contribution in [3.8, 4) is 0 Å². The molecule has 0 bridgehead atoms. The highest BCUT2D eigenvalue weighted by Gasteiger charge is 2.13. The lowest BCUT2D eigenvalue weighted by molar-refractivity contribution is 0.0619. The fraction of sp³-hybridized carbons (Fsp3) is 0.800. The van der Waals surface area contributed by atoms with E-state index < -0.39 is 0 Å². The third-order valence-electron chi connectivity index (χ3n) is 2.55. The molecule has 0 radical (unpaired) electrons. The van der Waals surface area contributed by atoms with E-state index in [-0.39, 0.29) is 0 Å². The number of aryl methyl sites for hydroxylation is 1. The lowest BCUT2D eigenvalue weighted by Gasteiger charge is -2.21. The summed E-state index contributed by atoms with van der Waals surface area (Å²) in [6.45, 7) is 5.20. The van der Waals surface area contributed by atoms with Crippen LogP contribution in [-0.4, -0.2) is 29.8 Å². The molecule has 2 rings (SSSR count). The molecule has 0 aromatic carbocycles. The molecule has 1 aromatic heterocycles. The quantitative estimate of drug-likeness (QED) is 0.801. The summed E-state index contributed by atoms with van der Waals surface area (Å²) < 4.78 is 10.5. The van der Waals surface area contributed by atoms with Crippen molar-refractivity contribution in [2.75, 3.05) is 19.7 Å². The molecule has 1 unspecified atom stereocenters. The Morgan fingerprint density at radius 3 is 3.20 bits per heavy atom. The molecule has 5 nitrogen and oxygen atoms in total. The van der Waals surface area contributed by atoms with Crippen LogP contribution in [0.2, 0.25) is 0 Å². The van der Waals surface area contributed by atoms with Crippen LogP contribution in [0.15, 0.2) is 4.52 Å². The van der Waals surface area contributed by atoms with Gasteiger partial charge in [-0.05, 0) is 32.2 Å². The van der Waals surface area contributed by atoms with Crippen molar-refractivity contribution in [1.29, 1.82) is 0 Å². The molecule has 1 fully saturated rings. The molecule has 1 aliphatic heterocycles. The van der Waals surface area contributed by atoms with Gasteiger partial charge in [-0.3, -0.25) is 0 Å². The van der Waals surface area contributed by atoms with Gasteiger partial charge in [0, 0.05) is 6.54 Å². The molecule has 2 heterocycles. The lowest BCUT2D eigenvalue weighted by atomic mass is 10.0. The molecule has 84 valence electrons. The predicted octanol–water partition coefficient (Wildman–Crippen LogP) is 0.894. The third kappa shape index (κ3) is 3.28. The summed E-state index contributed by atoms with van der Waals surface area (Å²) in [4.78, 5) is 4.07. The van der Waals surface area contributed by atoms with Gasteiger partial charge in [-0.25, -0.2) is 0 Å². The highest BCUT2D eigenvalue weighted by atomic mass is 16.5. The Morgan fingerprint density at radius 2 is 2.53 bits per heavy atom. The molecule has 1 N–H and O–H groups in total. The molecular formula is C10H17N3O2. The van der Waals surface area contributed by atoms with Gasteiger partial charge in [-0.1, -0.05) is 5.16 Å². The third-order valence-corrected chi connectivity index (χ3v) is 2.55. The van der Waals surface area contributed by atoms with E-state index in [2.05, 4.69) is 15.5 Å². The molecule has 15 heavy (non-hydrogen) atoms. The van der Waals surface area contributed by atoms with E-state index in [9.17, 15) is 0 Å². The van der Waals surface area contributed by atoms with E-state index in [0.29, 0.717) is 24.2 Å². The van der Waals surface area contributed by atoms with E-state index in [1.165, 1.54) is 12.8 Å². The van der Waals surface area contributed by atoms with Gasteiger partial charge < -0.3 is 14.6 Å². The summed E-state index contributed by atoms with van der Waals surface area (Å²) >= 11 is 0. The number of nitrogens with zero attached hydrogens (tertiary/aromatic N) is 2. The molecule has 1 saturated heterocycles. The second-order valence-corrected chi connectivity index (χ2v) is 3.96. The monoisotopic (exact) mass is 211 g/mol. The zero-order chi connectivity index (χ0) is 10.5. The van der Waals surface area contributed by atoms with E-state index >= 15 is 0 Å². The topological polar surface area (TPSA) is 60.2 Å². The van der Waals surface area contributed by atoms with Gasteiger partial charge in [0.2, 0.25) is 0 Å². The van der Waals surface area contributed by atoms with Crippen molar-refractivity contribution in [3.63, 3.8) is 0 Å². The number of hydrogen-bond donors (Lipinski definition) is 1. The van der Waals surface area contributed by atoms with Crippen molar-refractivity contribution < 1.29 is 9.26 Å². The average Bonchev–Trinajstić information content (AvgIpc) is 2.66. The Labute approximate surface area is 89.2 Å². The van der Waals surface area contributed by atoms with Crippen LogP contribution in [0.4, 0.5) is 0 Å². The lowest BCUT2D eigenvalue weighted by Crippen LogP contribution is -2.32. The standard InChI is InChI=1S/C10H17N3O2/c1-8-12-10(15-13-8)7-14-6-9-3-2-4-11-5-9/h9,11H,2-7H2,1H3. The molecule has 1 atom stereocenters. The highest BCUT2D eigenvalue weighted by molar-refractivity contribution is 4.80. The Balaban J connectivity index is 1.65. The average molecular weight is 211 g/mol. The van der Waals surface area contributed by atoms with Crippen molar-refractivity contribution in [3.05, 3.63) is 11.7 Å². The predicted molar refractivity (Wildman–Crippen MR) is 54.3 cm³/mol. The molecule has 0 spiro atoms. The molecule has 1 aliphatic rings. The number of hydrogen-bond acceptors (Lipinski definition) is 5. The Morgan fingerprint density at radius 1 is 1.60 bits per heavy atom. The highest BCUT2D eigenvalue weighted by Crippen LogP contribution is 2.10. The van der Waals surface area contributed by atoms with Crippen LogP contribution in [0.1, 0.15) is 24.6 Å². The van der Waals surface area contributed by atoms with Gasteiger partial charge in [0.15, 0.2) is 5.82 Å². The Hall–Kier alpha value is -0.940. The number of ether oxygens (including phenoxy) is 1. The molecule has 5 heteroatoms. The van der Waals surface area contributed by atoms with E-state index in [0.717, 1.165) is 19.7 Å². The fourth-order valence-corrected chi connectivity index (χ4v) is 1.78. The van der Waals surface area contributed by atoms with Crippen LogP contribution in [0.25, 0.3) is 0 Å². The first-order chi connectivity index (χ1) is 7.34. The minimum atomic E-state index is 0.428. The second-order valence-electron chi connectivity index (χ2n) is 3.96. The van der Waals surface area contributed by atoms with Crippen LogP contribution < -0.4 is 5.32 Å². The smallest absolute Gasteiger partial charge is 0.252 e. The zero-order valence-corrected chi connectivity index (χ0v) is 9.03. The number of rotatable bonds is 4. The minimum Gasteiger partial charge on any atom is -0.371 e. The van der Waals surface area contributed by atoms with Gasteiger partial charge in [-0.15, -0.1) is 0 Å². The molecule has 0 saturated carbocycles. The van der Waals surface area contributed by atoms with Gasteiger partial charge in [0.05, 0.1) is 6.61 Å². The van der Waals surface area contributed by atoms with Gasteiger partial charge in [-0.2, -0.15) is 4.98 Å². The summed E-state index contributed by atoms with van der Waals surface area (Å²) in [7, 11) is 0. The second kappa shape index (κ2) is 5.23. The normalized spacial score (nSPS) is 21.8.